The summed E-state index contributed by atoms with van der Waals surface area (Å²) >= 11 is 0. The molecular formula is C24H32Cl2N4NiO8. The normalized spacial score (nSPS) is 19.3. The fourth-order valence-electron chi connectivity index (χ4n) is 3.68. The molecule has 0 fully saturated rings. The van der Waals surface area contributed by atoms with Gasteiger partial charge in [-0.2, -0.15) is 0 Å². The molecule has 0 unspecified atom stereocenters. The Morgan fingerprint density at radius 2 is 0.872 bits per heavy atom. The van der Waals surface area contributed by atoms with Crippen LogP contribution in [0.1, 0.15) is 49.9 Å². The molecule has 39 heavy (non-hydrogen) atoms. The van der Waals surface area contributed by atoms with E-state index < -0.39 is 20.5 Å². The van der Waals surface area contributed by atoms with E-state index in [-0.39, 0.29) is 28.6 Å². The first-order chi connectivity index (χ1) is 17.7. The molecule has 1 aliphatic heterocycles. The molecule has 15 heteroatoms. The number of halogens is 2. The Bertz CT molecular complexity index is 886. The average molecular weight is 634 g/mol. The third-order valence-electron chi connectivity index (χ3n) is 5.17. The zero-order valence-corrected chi connectivity index (χ0v) is 23.9. The third-order valence-corrected chi connectivity index (χ3v) is 5.17. The molecule has 0 bridgehead atoms. The van der Waals surface area contributed by atoms with E-state index in [0.717, 1.165) is 39.0 Å². The van der Waals surface area contributed by atoms with E-state index in [0.29, 0.717) is 0 Å². The molecule has 220 valence electrons. The van der Waals surface area contributed by atoms with Gasteiger partial charge in [-0.1, -0.05) is 60.7 Å². The minimum atomic E-state index is -4.94. The summed E-state index contributed by atoms with van der Waals surface area (Å²) in [6, 6.07) is 21.9. The largest absolute Gasteiger partial charge is 2.00 e. The number of benzene rings is 2. The van der Waals surface area contributed by atoms with Gasteiger partial charge in [0.2, 0.25) is 0 Å². The topological polar surface area (TPSA) is 233 Å². The van der Waals surface area contributed by atoms with Crippen LogP contribution in [0.5, 0.6) is 0 Å². The first kappa shape index (κ1) is 37.5. The molecule has 0 saturated heterocycles. The SMILES string of the molecule is CC1=NCCN[C@@H](c2ccccc2)CC(C)=NCCN[C@@H](c2ccccc2)C1.[Ni+2].[O-][Cl+3]([O-])([O-])[O-].[O-][Cl+3]([O-])([O-])[O-]. The van der Waals surface area contributed by atoms with Crippen LogP contribution in [-0.2, 0) is 16.5 Å². The molecule has 2 N–H and O–H groups in total. The van der Waals surface area contributed by atoms with E-state index >= 15 is 0 Å². The molecule has 2 aromatic carbocycles. The van der Waals surface area contributed by atoms with Crippen molar-refractivity contribution in [1.82, 2.24) is 10.6 Å². The van der Waals surface area contributed by atoms with Crippen molar-refractivity contribution in [1.29, 1.82) is 0 Å². The van der Waals surface area contributed by atoms with E-state index in [1.807, 2.05) is 0 Å². The first-order valence-corrected chi connectivity index (χ1v) is 14.0. The molecule has 12 nitrogen and oxygen atoms in total. The van der Waals surface area contributed by atoms with Gasteiger partial charge in [0, 0.05) is 49.4 Å². The Morgan fingerprint density at radius 3 is 1.15 bits per heavy atom. The number of rotatable bonds is 2. The summed E-state index contributed by atoms with van der Waals surface area (Å²) in [6.45, 7) is 7.61. The summed E-state index contributed by atoms with van der Waals surface area (Å²) in [5.41, 5.74) is 5.01. The number of nitrogens with one attached hydrogen (secondary N) is 2. The van der Waals surface area contributed by atoms with Crippen molar-refractivity contribution < 1.29 is 74.2 Å². The second-order valence-corrected chi connectivity index (χ2v) is 9.74. The van der Waals surface area contributed by atoms with E-state index in [2.05, 4.69) is 85.1 Å². The zero-order valence-electron chi connectivity index (χ0n) is 21.4. The first-order valence-electron chi connectivity index (χ1n) is 11.5. The Kier molecular flexibility index (Phi) is 18.7. The van der Waals surface area contributed by atoms with Crippen molar-refractivity contribution in [2.45, 2.75) is 38.8 Å². The summed E-state index contributed by atoms with van der Waals surface area (Å²) in [5.74, 6) is 0. The van der Waals surface area contributed by atoms with E-state index in [9.17, 15) is 0 Å². The van der Waals surface area contributed by atoms with Gasteiger partial charge in [0.1, 0.15) is 0 Å². The monoisotopic (exact) mass is 632 g/mol. The van der Waals surface area contributed by atoms with Crippen LogP contribution in [0.4, 0.5) is 0 Å². The van der Waals surface area contributed by atoms with Crippen LogP contribution in [-0.4, -0.2) is 37.6 Å². The molecular weight excluding hydrogens is 602 g/mol. The molecule has 0 spiro atoms. The Morgan fingerprint density at radius 1 is 0.590 bits per heavy atom. The van der Waals surface area contributed by atoms with Gasteiger partial charge in [-0.15, -0.1) is 20.5 Å². The molecule has 3 rings (SSSR count). The van der Waals surface area contributed by atoms with Crippen LogP contribution in [0.2, 0.25) is 0 Å². The second kappa shape index (κ2) is 19.5. The summed E-state index contributed by atoms with van der Waals surface area (Å²) < 4.78 is 67.9. The van der Waals surface area contributed by atoms with Gasteiger partial charge in [0.15, 0.2) is 0 Å². The minimum Gasteiger partial charge on any atom is -0.308 e. The fraction of sp³-hybridized carbons (Fsp3) is 0.417. The van der Waals surface area contributed by atoms with E-state index in [1.54, 1.807) is 0 Å². The van der Waals surface area contributed by atoms with Crippen molar-refractivity contribution in [2.24, 2.45) is 9.98 Å². The van der Waals surface area contributed by atoms with Crippen molar-refractivity contribution in [3.63, 3.8) is 0 Å². The number of aliphatic imine (C=N–C) groups is 2. The van der Waals surface area contributed by atoms with Crippen LogP contribution in [0, 0.1) is 20.5 Å². The predicted molar refractivity (Wildman–Crippen MR) is 120 cm³/mol. The molecule has 1 heterocycles. The maximum absolute atomic E-state index is 8.49. The summed E-state index contributed by atoms with van der Waals surface area (Å²) in [5, 5.41) is 7.36. The van der Waals surface area contributed by atoms with Gasteiger partial charge in [-0.25, -0.2) is 37.3 Å². The smallest absolute Gasteiger partial charge is 0.308 e. The van der Waals surface area contributed by atoms with Crippen LogP contribution in [0.3, 0.4) is 0 Å². The zero-order chi connectivity index (χ0) is 28.6. The maximum Gasteiger partial charge on any atom is 2.00 e. The summed E-state index contributed by atoms with van der Waals surface area (Å²) in [4.78, 5) is 9.64. The van der Waals surface area contributed by atoms with Crippen molar-refractivity contribution in [3.8, 4) is 0 Å². The second-order valence-electron chi connectivity index (χ2n) is 8.23. The van der Waals surface area contributed by atoms with E-state index in [1.165, 1.54) is 22.6 Å². The van der Waals surface area contributed by atoms with E-state index in [4.69, 9.17) is 47.3 Å². The molecule has 2 atom stereocenters. The van der Waals surface area contributed by atoms with Gasteiger partial charge >= 0.3 is 16.5 Å². The molecule has 0 radical (unpaired) electrons. The quantitative estimate of drug-likeness (QED) is 0.298. The number of hydrogen-bond acceptors (Lipinski definition) is 12. The van der Waals surface area contributed by atoms with Crippen LogP contribution >= 0.6 is 0 Å². The fourth-order valence-corrected chi connectivity index (χ4v) is 3.68. The Balaban J connectivity index is 0.00000113. The molecule has 0 aromatic heterocycles. The number of nitrogens with zero attached hydrogens (tertiary/aromatic N) is 2. The van der Waals surface area contributed by atoms with Crippen LogP contribution in [0.15, 0.2) is 70.6 Å². The molecule has 0 amide bonds. The van der Waals surface area contributed by atoms with Crippen LogP contribution in [0.25, 0.3) is 0 Å². The minimum absolute atomic E-state index is 0. The molecule has 2 aromatic rings. The van der Waals surface area contributed by atoms with Crippen molar-refractivity contribution in [2.75, 3.05) is 26.2 Å². The van der Waals surface area contributed by atoms with Crippen molar-refractivity contribution >= 4 is 11.4 Å². The van der Waals surface area contributed by atoms with Gasteiger partial charge < -0.3 is 10.6 Å². The van der Waals surface area contributed by atoms with Gasteiger partial charge in [-0.05, 0) is 25.0 Å². The average Bonchev–Trinajstić information content (AvgIpc) is 2.81. The van der Waals surface area contributed by atoms with Gasteiger partial charge in [-0.3, -0.25) is 9.98 Å². The molecule has 0 saturated carbocycles. The van der Waals surface area contributed by atoms with Gasteiger partial charge in [0.25, 0.3) is 0 Å². The maximum atomic E-state index is 8.49. The molecule has 0 aliphatic carbocycles. The van der Waals surface area contributed by atoms with Crippen molar-refractivity contribution in [3.05, 3.63) is 71.8 Å². The predicted octanol–water partition coefficient (Wildman–Crippen LogP) is -5.15. The third kappa shape index (κ3) is 21.9. The summed E-state index contributed by atoms with van der Waals surface area (Å²) in [7, 11) is -9.89. The molecule has 1 aliphatic rings. The Hall–Kier alpha value is -1.55. The standard InChI is InChI=1S/C24H32N4.2ClHO4.Ni/c1-19-17-23(21-9-5-3-6-10-21)27-16-14-26-20(2)18-24(28-15-13-25-19)22-11-7-4-8-12-22;2*2-1(3,4)5;/h3-12,23-24,27-28H,13-18H2,1-2H3;2*(H,2,3,4,5);/q;;;+2/p-2/t23-,24-;;;/m1.../s1. The Labute approximate surface area is 242 Å². The van der Waals surface area contributed by atoms with Gasteiger partial charge in [0.05, 0.1) is 13.1 Å². The summed E-state index contributed by atoms with van der Waals surface area (Å²) in [6.07, 6.45) is 1.85. The van der Waals surface area contributed by atoms with Crippen LogP contribution < -0.4 is 47.9 Å². The number of hydrogen-bond donors (Lipinski definition) is 2.